The largest absolute Gasteiger partial charge is 0.417 e. The van der Waals surface area contributed by atoms with Crippen LogP contribution in [0, 0.1) is 17.5 Å². The molecule has 0 spiro atoms. The molecule has 1 N–H and O–H groups in total. The van der Waals surface area contributed by atoms with Gasteiger partial charge in [-0.15, -0.1) is 0 Å². The number of halogens is 6. The van der Waals surface area contributed by atoms with E-state index in [0.29, 0.717) is 12.1 Å². The molecule has 0 saturated carbocycles. The zero-order valence-electron chi connectivity index (χ0n) is 13.9. The maximum atomic E-state index is 14.5. The van der Waals surface area contributed by atoms with Crippen LogP contribution in [0.5, 0.6) is 0 Å². The van der Waals surface area contributed by atoms with Gasteiger partial charge in [-0.25, -0.2) is 13.2 Å². The Balaban J connectivity index is 2.05. The van der Waals surface area contributed by atoms with Gasteiger partial charge in [0.2, 0.25) is 0 Å². The van der Waals surface area contributed by atoms with Crippen LogP contribution in [0.25, 0.3) is 11.1 Å². The second-order valence-electron chi connectivity index (χ2n) is 5.80. The van der Waals surface area contributed by atoms with Crippen LogP contribution >= 0.6 is 0 Å². The number of benzene rings is 3. The molecule has 0 heterocycles. The van der Waals surface area contributed by atoms with Gasteiger partial charge < -0.3 is 5.32 Å². The summed E-state index contributed by atoms with van der Waals surface area (Å²) in [5, 5.41) is 1.97. The fourth-order valence-electron chi connectivity index (χ4n) is 2.68. The van der Waals surface area contributed by atoms with Gasteiger partial charge in [0.15, 0.2) is 11.6 Å². The third-order valence-electron chi connectivity index (χ3n) is 3.91. The molecule has 0 fully saturated rings. The summed E-state index contributed by atoms with van der Waals surface area (Å²) in [6, 6.07) is 11.1. The molecule has 3 aromatic carbocycles. The lowest BCUT2D eigenvalue weighted by atomic mass is 9.97. The van der Waals surface area contributed by atoms with E-state index in [9.17, 15) is 31.1 Å². The highest BCUT2D eigenvalue weighted by molar-refractivity contribution is 6.04. The summed E-state index contributed by atoms with van der Waals surface area (Å²) >= 11 is 0. The van der Waals surface area contributed by atoms with Gasteiger partial charge in [-0.2, -0.15) is 13.2 Å². The highest BCUT2D eigenvalue weighted by Gasteiger charge is 2.36. The highest BCUT2D eigenvalue weighted by Crippen LogP contribution is 2.40. The SMILES string of the molecule is O=C(Nc1cc(F)c(-c2ccccc2)c(C(F)(F)F)c1)c1cccc(F)c1F. The fraction of sp³-hybridized carbons (Fsp3) is 0.0500. The van der Waals surface area contributed by atoms with Crippen LogP contribution in [0.15, 0.2) is 60.7 Å². The Bertz CT molecular complexity index is 1030. The number of anilines is 1. The maximum absolute atomic E-state index is 14.5. The van der Waals surface area contributed by atoms with Gasteiger partial charge >= 0.3 is 6.18 Å². The molecule has 2 nitrogen and oxygen atoms in total. The Morgan fingerprint density at radius 1 is 0.821 bits per heavy atom. The lowest BCUT2D eigenvalue weighted by molar-refractivity contribution is -0.137. The van der Waals surface area contributed by atoms with Crippen molar-refractivity contribution in [2.75, 3.05) is 5.32 Å². The van der Waals surface area contributed by atoms with Crippen molar-refractivity contribution in [1.29, 1.82) is 0 Å². The minimum absolute atomic E-state index is 0.00127. The summed E-state index contributed by atoms with van der Waals surface area (Å²) in [4.78, 5) is 12.1. The molecule has 1 amide bonds. The number of hydrogen-bond acceptors (Lipinski definition) is 1. The van der Waals surface area contributed by atoms with Gasteiger partial charge in [-0.1, -0.05) is 36.4 Å². The number of alkyl halides is 3. The second-order valence-corrected chi connectivity index (χ2v) is 5.80. The molecule has 0 aromatic heterocycles. The Hall–Kier alpha value is -3.29. The van der Waals surface area contributed by atoms with Gasteiger partial charge in [0.05, 0.1) is 11.1 Å². The Morgan fingerprint density at radius 3 is 2.14 bits per heavy atom. The van der Waals surface area contributed by atoms with Gasteiger partial charge in [-0.3, -0.25) is 4.79 Å². The minimum atomic E-state index is -4.92. The summed E-state index contributed by atoms with van der Waals surface area (Å²) < 4.78 is 81.9. The molecule has 8 heteroatoms. The van der Waals surface area contributed by atoms with Crippen molar-refractivity contribution >= 4 is 11.6 Å². The summed E-state index contributed by atoms with van der Waals surface area (Å²) in [5.74, 6) is -5.19. The summed E-state index contributed by atoms with van der Waals surface area (Å²) in [7, 11) is 0. The molecule has 144 valence electrons. The first-order valence-electron chi connectivity index (χ1n) is 7.90. The number of amides is 1. The van der Waals surface area contributed by atoms with E-state index in [-0.39, 0.29) is 5.56 Å². The zero-order valence-corrected chi connectivity index (χ0v) is 13.9. The number of hydrogen-bond donors (Lipinski definition) is 1. The lowest BCUT2D eigenvalue weighted by Crippen LogP contribution is -2.16. The van der Waals surface area contributed by atoms with Gasteiger partial charge in [-0.05, 0) is 29.8 Å². The quantitative estimate of drug-likeness (QED) is 0.538. The van der Waals surface area contributed by atoms with E-state index in [0.717, 1.165) is 18.2 Å². The standard InChI is InChI=1S/C20H11F6NO/c21-15-8-4-7-13(18(15)23)19(28)27-12-9-14(20(24,25)26)17(16(22)10-12)11-5-2-1-3-6-11/h1-10H,(H,27,28). The number of carbonyl (C=O) groups excluding carboxylic acids is 1. The topological polar surface area (TPSA) is 29.1 Å². The Kier molecular flexibility index (Phi) is 5.13. The molecular weight excluding hydrogens is 384 g/mol. The van der Waals surface area contributed by atoms with Gasteiger partial charge in [0.25, 0.3) is 5.91 Å². The average molecular weight is 395 g/mol. The zero-order chi connectivity index (χ0) is 20.5. The van der Waals surface area contributed by atoms with Gasteiger partial charge in [0.1, 0.15) is 5.82 Å². The van der Waals surface area contributed by atoms with Gasteiger partial charge in [0, 0.05) is 11.3 Å². The number of carbonyl (C=O) groups is 1. The van der Waals surface area contributed by atoms with Crippen LogP contribution in [0.2, 0.25) is 0 Å². The maximum Gasteiger partial charge on any atom is 0.417 e. The molecule has 3 rings (SSSR count). The molecule has 28 heavy (non-hydrogen) atoms. The average Bonchev–Trinajstić information content (AvgIpc) is 2.63. The van der Waals surface area contributed by atoms with Crippen molar-refractivity contribution < 1.29 is 31.1 Å². The van der Waals surface area contributed by atoms with Crippen molar-refractivity contribution in [3.8, 4) is 11.1 Å². The van der Waals surface area contributed by atoms with Crippen molar-refractivity contribution in [2.45, 2.75) is 6.18 Å². The second kappa shape index (κ2) is 7.38. The molecule has 0 aliphatic rings. The summed E-state index contributed by atoms with van der Waals surface area (Å²) in [6.07, 6.45) is -4.92. The third kappa shape index (κ3) is 3.85. The van der Waals surface area contributed by atoms with E-state index in [4.69, 9.17) is 0 Å². The van der Waals surface area contributed by atoms with Crippen LogP contribution in [-0.2, 0) is 6.18 Å². The molecule has 0 radical (unpaired) electrons. The first kappa shape index (κ1) is 19.5. The summed E-state index contributed by atoms with van der Waals surface area (Å²) in [6.45, 7) is 0. The summed E-state index contributed by atoms with van der Waals surface area (Å²) in [5.41, 5.74) is -3.25. The predicted molar refractivity (Wildman–Crippen MR) is 91.1 cm³/mol. The van der Waals surface area contributed by atoms with Crippen LogP contribution in [0.3, 0.4) is 0 Å². The van der Waals surface area contributed by atoms with Crippen LogP contribution in [0.4, 0.5) is 32.0 Å². The normalized spacial score (nSPS) is 11.4. The van der Waals surface area contributed by atoms with E-state index < -0.39 is 51.9 Å². The van der Waals surface area contributed by atoms with Crippen LogP contribution < -0.4 is 5.32 Å². The Morgan fingerprint density at radius 2 is 1.50 bits per heavy atom. The van der Waals surface area contributed by atoms with Crippen molar-refractivity contribution in [3.63, 3.8) is 0 Å². The molecular formula is C20H11F6NO. The first-order chi connectivity index (χ1) is 13.2. The molecule has 0 saturated heterocycles. The molecule has 0 atom stereocenters. The molecule has 0 aliphatic heterocycles. The molecule has 0 unspecified atom stereocenters. The van der Waals surface area contributed by atoms with Crippen molar-refractivity contribution in [1.82, 2.24) is 0 Å². The monoisotopic (exact) mass is 395 g/mol. The predicted octanol–water partition coefficient (Wildman–Crippen LogP) is 6.04. The Labute approximate surface area is 155 Å². The number of nitrogens with one attached hydrogen (secondary N) is 1. The van der Waals surface area contributed by atoms with E-state index in [1.54, 1.807) is 6.07 Å². The highest BCUT2D eigenvalue weighted by atomic mass is 19.4. The van der Waals surface area contributed by atoms with E-state index in [1.807, 2.05) is 5.32 Å². The molecule has 0 bridgehead atoms. The molecule has 3 aromatic rings. The smallest absolute Gasteiger partial charge is 0.322 e. The fourth-order valence-corrected chi connectivity index (χ4v) is 2.68. The lowest BCUT2D eigenvalue weighted by Gasteiger charge is -2.16. The van der Waals surface area contributed by atoms with Crippen molar-refractivity contribution in [2.24, 2.45) is 0 Å². The van der Waals surface area contributed by atoms with Crippen molar-refractivity contribution in [3.05, 3.63) is 89.2 Å². The van der Waals surface area contributed by atoms with E-state index in [1.165, 1.54) is 24.3 Å². The van der Waals surface area contributed by atoms with E-state index in [2.05, 4.69) is 0 Å². The molecule has 0 aliphatic carbocycles. The number of rotatable bonds is 3. The first-order valence-corrected chi connectivity index (χ1v) is 7.90. The van der Waals surface area contributed by atoms with Crippen LogP contribution in [0.1, 0.15) is 15.9 Å². The minimum Gasteiger partial charge on any atom is -0.322 e. The van der Waals surface area contributed by atoms with E-state index >= 15 is 0 Å². The third-order valence-corrected chi connectivity index (χ3v) is 3.91. The van der Waals surface area contributed by atoms with Crippen LogP contribution in [-0.4, -0.2) is 5.91 Å².